The van der Waals surface area contributed by atoms with E-state index in [9.17, 15) is 9.36 Å². The number of carbonyl (C=O) groups is 1. The maximum atomic E-state index is 13.0. The molecule has 0 aliphatic heterocycles. The predicted octanol–water partition coefficient (Wildman–Crippen LogP) is 5.53. The molecule has 0 spiro atoms. The molecule has 0 radical (unpaired) electrons. The van der Waals surface area contributed by atoms with Crippen molar-refractivity contribution in [3.8, 4) is 0 Å². The van der Waals surface area contributed by atoms with Gasteiger partial charge in [-0.1, -0.05) is 70.8 Å². The van der Waals surface area contributed by atoms with Crippen molar-refractivity contribution >= 4 is 30.5 Å². The highest BCUT2D eigenvalue weighted by atomic mass is 35.5. The zero-order chi connectivity index (χ0) is 17.8. The molecule has 0 heterocycles. The van der Waals surface area contributed by atoms with Gasteiger partial charge >= 0.3 is 7.80 Å². The summed E-state index contributed by atoms with van der Waals surface area (Å²) in [5.74, 6) is -0.101. The van der Waals surface area contributed by atoms with Crippen molar-refractivity contribution in [2.75, 3.05) is 0 Å². The lowest BCUT2D eigenvalue weighted by molar-refractivity contribution is 0.103. The Morgan fingerprint density at radius 2 is 1.48 bits per heavy atom. The number of hydrogen-bond acceptors (Lipinski definition) is 2. The molecule has 2 nitrogen and oxygen atoms in total. The van der Waals surface area contributed by atoms with Crippen LogP contribution in [0, 0.1) is 6.92 Å². The molecule has 0 aromatic heterocycles. The molecule has 3 rings (SSSR count). The van der Waals surface area contributed by atoms with Crippen LogP contribution in [0.5, 0.6) is 0 Å². The first-order valence-electron chi connectivity index (χ1n) is 7.95. The lowest BCUT2D eigenvalue weighted by atomic mass is 9.99. The third-order valence-corrected chi connectivity index (χ3v) is 6.00. The second-order valence-corrected chi connectivity index (χ2v) is 7.75. The minimum Gasteiger partial charge on any atom is -0.288 e. The van der Waals surface area contributed by atoms with Gasteiger partial charge in [-0.15, -0.1) is 0 Å². The molecular weight excluding hydrogens is 351 g/mol. The smallest absolute Gasteiger partial charge is 0.288 e. The number of hydrogen-bond donors (Lipinski definition) is 0. The Bertz CT molecular complexity index is 950. The van der Waals surface area contributed by atoms with Gasteiger partial charge in [-0.25, -0.2) is 0 Å². The van der Waals surface area contributed by atoms with Crippen LogP contribution in [0.4, 0.5) is 0 Å². The first-order valence-corrected chi connectivity index (χ1v) is 9.77. The molecule has 3 aromatic carbocycles. The van der Waals surface area contributed by atoms with Gasteiger partial charge in [0.05, 0.1) is 5.56 Å². The minimum absolute atomic E-state index is 0.101. The largest absolute Gasteiger partial charge is 0.382 e. The Morgan fingerprint density at radius 3 is 2.20 bits per heavy atom. The van der Waals surface area contributed by atoms with Crippen molar-refractivity contribution in [2.24, 2.45) is 0 Å². The molecule has 3 aromatic rings. The summed E-state index contributed by atoms with van der Waals surface area (Å²) in [5.41, 5.74) is 2.85. The van der Waals surface area contributed by atoms with Gasteiger partial charge in [0.2, 0.25) is 5.30 Å². The Labute approximate surface area is 153 Å². The van der Waals surface area contributed by atoms with Crippen molar-refractivity contribution in [1.29, 1.82) is 0 Å². The second-order valence-electron chi connectivity index (χ2n) is 5.79. The third kappa shape index (κ3) is 3.87. The minimum atomic E-state index is -1.78. The van der Waals surface area contributed by atoms with Crippen LogP contribution in [0.1, 0.15) is 27.0 Å². The average Bonchev–Trinajstić information content (AvgIpc) is 2.63. The average molecular weight is 368 g/mol. The van der Waals surface area contributed by atoms with Crippen LogP contribution in [-0.4, -0.2) is 5.78 Å². The van der Waals surface area contributed by atoms with Crippen molar-refractivity contribution in [3.63, 3.8) is 0 Å². The summed E-state index contributed by atoms with van der Waals surface area (Å²) in [6, 6.07) is 21.9. The summed E-state index contributed by atoms with van der Waals surface area (Å²) in [6.07, 6.45) is 0.313. The number of ketones is 1. The quantitative estimate of drug-likeness (QED) is 0.438. The maximum absolute atomic E-state index is 13.0. The van der Waals surface area contributed by atoms with E-state index in [1.54, 1.807) is 30.3 Å². The van der Waals surface area contributed by atoms with Gasteiger partial charge in [0.15, 0.2) is 11.9 Å². The molecule has 1 unspecified atom stereocenters. The Kier molecular flexibility index (Phi) is 5.43. The van der Waals surface area contributed by atoms with Crippen LogP contribution >= 0.6 is 19.4 Å². The first kappa shape index (κ1) is 17.5. The lowest BCUT2D eigenvalue weighted by Gasteiger charge is -2.05. The summed E-state index contributed by atoms with van der Waals surface area (Å²) in [7, 11) is -1.78. The van der Waals surface area contributed by atoms with Crippen LogP contribution in [0.25, 0.3) is 0 Å². The highest BCUT2D eigenvalue weighted by Crippen LogP contribution is 2.31. The summed E-state index contributed by atoms with van der Waals surface area (Å²) in [4.78, 5) is 13.0. The van der Waals surface area contributed by atoms with E-state index in [0.29, 0.717) is 27.6 Å². The maximum Gasteiger partial charge on any atom is 0.382 e. The van der Waals surface area contributed by atoms with E-state index in [4.69, 9.17) is 11.6 Å². The fourth-order valence-corrected chi connectivity index (χ4v) is 4.47. The van der Waals surface area contributed by atoms with E-state index >= 15 is 0 Å². The molecule has 124 valence electrons. The number of carbonyl (C=O) groups excluding carboxylic acids is 1. The fourth-order valence-electron chi connectivity index (χ4n) is 2.72. The van der Waals surface area contributed by atoms with Crippen LogP contribution in [-0.2, 0) is 10.7 Å². The summed E-state index contributed by atoms with van der Waals surface area (Å²) in [6.45, 7) is 1.90. The summed E-state index contributed by atoms with van der Waals surface area (Å²) in [5, 5.41) is 1.17. The predicted molar refractivity (Wildman–Crippen MR) is 103 cm³/mol. The van der Waals surface area contributed by atoms with Crippen LogP contribution in [0.3, 0.4) is 0 Å². The van der Waals surface area contributed by atoms with Crippen molar-refractivity contribution < 1.29 is 9.36 Å². The molecule has 0 saturated carbocycles. The van der Waals surface area contributed by atoms with E-state index in [1.807, 2.05) is 49.4 Å². The number of halogens is 1. The number of aryl methyl sites for hydroxylation is 1. The lowest BCUT2D eigenvalue weighted by Crippen LogP contribution is -2.14. The highest BCUT2D eigenvalue weighted by molar-refractivity contribution is 7.52. The number of benzene rings is 3. The summed E-state index contributed by atoms with van der Waals surface area (Å²) < 4.78 is 12.9. The van der Waals surface area contributed by atoms with Gasteiger partial charge in [-0.3, -0.25) is 4.79 Å². The zero-order valence-corrected chi connectivity index (χ0v) is 15.4. The van der Waals surface area contributed by atoms with Crippen molar-refractivity contribution in [2.45, 2.75) is 13.1 Å². The van der Waals surface area contributed by atoms with E-state index < -0.39 is 7.80 Å². The van der Waals surface area contributed by atoms with Crippen molar-refractivity contribution in [1.82, 2.24) is 0 Å². The van der Waals surface area contributed by atoms with Crippen molar-refractivity contribution in [3.05, 3.63) is 100 Å². The van der Waals surface area contributed by atoms with E-state index in [1.165, 1.54) is 0 Å². The van der Waals surface area contributed by atoms with Gasteiger partial charge in [-0.2, -0.15) is 0 Å². The zero-order valence-electron chi connectivity index (χ0n) is 13.8. The SMILES string of the molecule is Cc1ccccc1C(=O)c1ccccc1[P+](=O)Cc1ccccc1Cl. The molecular formula is C21H17ClO2P+. The van der Waals surface area contributed by atoms with Crippen LogP contribution in [0.15, 0.2) is 72.8 Å². The standard InChI is InChI=1S/C21H17ClO2P/c1-15-8-2-4-10-17(15)21(23)18-11-5-7-13-20(18)25(24)14-16-9-3-6-12-19(16)22/h2-13H,14H2,1H3/q+1. The van der Waals surface area contributed by atoms with Gasteiger partial charge in [0.1, 0.15) is 0 Å². The molecule has 0 fully saturated rings. The topological polar surface area (TPSA) is 34.1 Å². The van der Waals surface area contributed by atoms with E-state index in [-0.39, 0.29) is 5.78 Å². The Hall–Kier alpha value is -2.28. The molecule has 4 heteroatoms. The summed E-state index contributed by atoms with van der Waals surface area (Å²) >= 11 is 6.18. The van der Waals surface area contributed by atoms with Gasteiger partial charge in [0, 0.05) is 16.1 Å². The van der Waals surface area contributed by atoms with Gasteiger partial charge in [0.25, 0.3) is 0 Å². The first-order chi connectivity index (χ1) is 12.1. The van der Waals surface area contributed by atoms with Gasteiger partial charge < -0.3 is 0 Å². The fraction of sp³-hybridized carbons (Fsp3) is 0.0952. The number of rotatable bonds is 5. The molecule has 0 bridgehead atoms. The Morgan fingerprint density at radius 1 is 0.880 bits per heavy atom. The normalized spacial score (nSPS) is 11.2. The highest BCUT2D eigenvalue weighted by Gasteiger charge is 2.28. The van der Waals surface area contributed by atoms with Gasteiger partial charge in [-0.05, 0) is 30.7 Å². The third-order valence-electron chi connectivity index (χ3n) is 4.08. The van der Waals surface area contributed by atoms with Crippen LogP contribution in [0.2, 0.25) is 5.02 Å². The Balaban J connectivity index is 1.96. The van der Waals surface area contributed by atoms with E-state index in [0.717, 1.165) is 11.1 Å². The van der Waals surface area contributed by atoms with Crippen LogP contribution < -0.4 is 5.30 Å². The molecule has 0 aliphatic rings. The molecule has 0 N–H and O–H groups in total. The molecule has 25 heavy (non-hydrogen) atoms. The van der Waals surface area contributed by atoms with E-state index in [2.05, 4.69) is 0 Å². The molecule has 1 atom stereocenters. The monoisotopic (exact) mass is 367 g/mol. The molecule has 0 saturated heterocycles. The molecule has 0 aliphatic carbocycles. The second kappa shape index (κ2) is 7.74. The molecule has 0 amide bonds.